The predicted molar refractivity (Wildman–Crippen MR) is 61.7 cm³/mol. The van der Waals surface area contributed by atoms with Gasteiger partial charge < -0.3 is 10.1 Å². The Bertz CT molecular complexity index is 319. The molecule has 2 aliphatic heterocycles. The first-order valence-corrected chi connectivity index (χ1v) is 7.42. The van der Waals surface area contributed by atoms with Crippen LogP contribution in [0.25, 0.3) is 0 Å². The van der Waals surface area contributed by atoms with Gasteiger partial charge in [-0.3, -0.25) is 0 Å². The van der Waals surface area contributed by atoms with Crippen molar-refractivity contribution in [1.29, 1.82) is 0 Å². The molecule has 0 amide bonds. The maximum atomic E-state index is 12.0. The van der Waals surface area contributed by atoms with Crippen LogP contribution in [0.5, 0.6) is 0 Å². The lowest BCUT2D eigenvalue weighted by Gasteiger charge is -2.17. The molecule has 2 atom stereocenters. The molecule has 5 nitrogen and oxygen atoms in total. The molecule has 2 aliphatic rings. The first-order valence-electron chi connectivity index (χ1n) is 5.81. The summed E-state index contributed by atoms with van der Waals surface area (Å²) in [4.78, 5) is 0. The van der Waals surface area contributed by atoms with Crippen LogP contribution >= 0.6 is 0 Å². The maximum Gasteiger partial charge on any atom is 0.214 e. The zero-order valence-corrected chi connectivity index (χ0v) is 10.5. The molecule has 2 heterocycles. The van der Waals surface area contributed by atoms with E-state index in [0.29, 0.717) is 38.0 Å². The minimum atomic E-state index is -3.05. The third-order valence-corrected chi connectivity index (χ3v) is 5.39. The lowest BCUT2D eigenvalue weighted by molar-refractivity contribution is 0.199. The van der Waals surface area contributed by atoms with Gasteiger partial charge in [-0.05, 0) is 31.3 Å². The number of methoxy groups -OCH3 is 1. The smallest absolute Gasteiger partial charge is 0.214 e. The van der Waals surface area contributed by atoms with Crippen molar-refractivity contribution in [3.8, 4) is 0 Å². The molecule has 6 heteroatoms. The highest BCUT2D eigenvalue weighted by molar-refractivity contribution is 7.89. The number of ether oxygens (including phenoxy) is 1. The average Bonchev–Trinajstić information content (AvgIpc) is 2.76. The number of rotatable bonds is 5. The van der Waals surface area contributed by atoms with Crippen LogP contribution in [0.15, 0.2) is 0 Å². The van der Waals surface area contributed by atoms with Gasteiger partial charge in [0.1, 0.15) is 0 Å². The van der Waals surface area contributed by atoms with Crippen molar-refractivity contribution in [2.24, 2.45) is 11.8 Å². The largest absolute Gasteiger partial charge is 0.385 e. The van der Waals surface area contributed by atoms with Crippen LogP contribution in [0.2, 0.25) is 0 Å². The third kappa shape index (κ3) is 2.56. The zero-order chi connectivity index (χ0) is 11.6. The summed E-state index contributed by atoms with van der Waals surface area (Å²) in [6.45, 7) is 3.85. The number of fused-ring (bicyclic) bond motifs is 1. The van der Waals surface area contributed by atoms with Gasteiger partial charge in [0.05, 0.1) is 5.75 Å². The van der Waals surface area contributed by atoms with Gasteiger partial charge in [0.25, 0.3) is 0 Å². The molecule has 0 aromatic carbocycles. The fourth-order valence-corrected chi connectivity index (χ4v) is 4.13. The van der Waals surface area contributed by atoms with Crippen molar-refractivity contribution < 1.29 is 13.2 Å². The highest BCUT2D eigenvalue weighted by Crippen LogP contribution is 2.28. The summed E-state index contributed by atoms with van der Waals surface area (Å²) in [5, 5.41) is 3.31. The lowest BCUT2D eigenvalue weighted by atomic mass is 10.0. The topological polar surface area (TPSA) is 58.6 Å². The van der Waals surface area contributed by atoms with Crippen molar-refractivity contribution in [3.05, 3.63) is 0 Å². The summed E-state index contributed by atoms with van der Waals surface area (Å²) >= 11 is 0. The second-order valence-electron chi connectivity index (χ2n) is 4.66. The summed E-state index contributed by atoms with van der Waals surface area (Å²) in [6.07, 6.45) is 0.586. The van der Waals surface area contributed by atoms with Gasteiger partial charge in [-0.1, -0.05) is 0 Å². The fraction of sp³-hybridized carbons (Fsp3) is 1.00. The molecule has 0 aromatic heterocycles. The molecule has 1 N–H and O–H groups in total. The van der Waals surface area contributed by atoms with Crippen molar-refractivity contribution in [2.75, 3.05) is 45.6 Å². The fourth-order valence-electron chi connectivity index (χ4n) is 2.55. The summed E-state index contributed by atoms with van der Waals surface area (Å²) in [6, 6.07) is 0. The van der Waals surface area contributed by atoms with Crippen molar-refractivity contribution >= 4 is 10.0 Å². The van der Waals surface area contributed by atoms with E-state index in [4.69, 9.17) is 4.74 Å². The molecule has 0 radical (unpaired) electrons. The minimum absolute atomic E-state index is 0.216. The van der Waals surface area contributed by atoms with E-state index in [1.54, 1.807) is 11.4 Å². The average molecular weight is 248 g/mol. The molecule has 0 aromatic rings. The number of nitrogens with one attached hydrogen (secondary N) is 1. The number of nitrogens with zero attached hydrogens (tertiary/aromatic N) is 1. The normalized spacial score (nSPS) is 30.8. The molecule has 0 aliphatic carbocycles. The van der Waals surface area contributed by atoms with Crippen molar-refractivity contribution in [3.63, 3.8) is 0 Å². The minimum Gasteiger partial charge on any atom is -0.385 e. The van der Waals surface area contributed by atoms with Crippen LogP contribution in [0.4, 0.5) is 0 Å². The standard InChI is InChI=1S/C10H20N2O3S/c1-15-3-2-4-16(13,14)12-7-9-5-11-6-10(9)8-12/h9-11H,2-8H2,1H3/t9-,10+. The first-order chi connectivity index (χ1) is 7.63. The number of hydrogen-bond donors (Lipinski definition) is 1. The number of hydrogen-bond acceptors (Lipinski definition) is 4. The second-order valence-corrected chi connectivity index (χ2v) is 6.75. The Morgan fingerprint density at radius 3 is 2.50 bits per heavy atom. The highest BCUT2D eigenvalue weighted by Gasteiger charge is 2.40. The highest BCUT2D eigenvalue weighted by atomic mass is 32.2. The molecule has 94 valence electrons. The van der Waals surface area contributed by atoms with Gasteiger partial charge >= 0.3 is 0 Å². The Morgan fingerprint density at radius 2 is 1.94 bits per heavy atom. The van der Waals surface area contributed by atoms with Crippen molar-refractivity contribution in [2.45, 2.75) is 6.42 Å². The van der Waals surface area contributed by atoms with Crippen LogP contribution < -0.4 is 5.32 Å². The van der Waals surface area contributed by atoms with Gasteiger partial charge in [0, 0.05) is 26.8 Å². The molecule has 16 heavy (non-hydrogen) atoms. The molecule has 0 spiro atoms. The Hall–Kier alpha value is -0.170. The van der Waals surface area contributed by atoms with E-state index in [9.17, 15) is 8.42 Å². The Morgan fingerprint density at radius 1 is 1.31 bits per heavy atom. The Balaban J connectivity index is 1.88. The van der Waals surface area contributed by atoms with E-state index in [-0.39, 0.29) is 5.75 Å². The van der Waals surface area contributed by atoms with E-state index in [0.717, 1.165) is 13.1 Å². The molecule has 0 saturated carbocycles. The van der Waals surface area contributed by atoms with Gasteiger partial charge in [0.15, 0.2) is 0 Å². The van der Waals surface area contributed by atoms with Gasteiger partial charge in [-0.25, -0.2) is 12.7 Å². The van der Waals surface area contributed by atoms with Crippen LogP contribution in [-0.4, -0.2) is 58.4 Å². The molecule has 2 saturated heterocycles. The van der Waals surface area contributed by atoms with Crippen LogP contribution in [0.1, 0.15) is 6.42 Å². The van der Waals surface area contributed by atoms with E-state index in [1.165, 1.54) is 0 Å². The SMILES string of the molecule is COCCCS(=O)(=O)N1C[C@H]2CNC[C@H]2C1. The number of sulfonamides is 1. The Kier molecular flexibility index (Phi) is 3.84. The molecular weight excluding hydrogens is 228 g/mol. The summed E-state index contributed by atoms with van der Waals surface area (Å²) < 4.78 is 30.5. The zero-order valence-electron chi connectivity index (χ0n) is 9.68. The van der Waals surface area contributed by atoms with E-state index < -0.39 is 10.0 Å². The first kappa shape index (κ1) is 12.3. The molecule has 2 fully saturated rings. The molecule has 2 rings (SSSR count). The quantitative estimate of drug-likeness (QED) is 0.667. The summed E-state index contributed by atoms with van der Waals surface area (Å²) in [7, 11) is -1.45. The monoisotopic (exact) mass is 248 g/mol. The molecular formula is C10H20N2O3S. The van der Waals surface area contributed by atoms with E-state index >= 15 is 0 Å². The maximum absolute atomic E-state index is 12.0. The van der Waals surface area contributed by atoms with Gasteiger partial charge in [-0.15, -0.1) is 0 Å². The predicted octanol–water partition coefficient (Wildman–Crippen LogP) is -0.496. The van der Waals surface area contributed by atoms with E-state index in [1.807, 2.05) is 0 Å². The third-order valence-electron chi connectivity index (χ3n) is 3.50. The van der Waals surface area contributed by atoms with Gasteiger partial charge in [-0.2, -0.15) is 0 Å². The second kappa shape index (κ2) is 5.00. The molecule has 0 bridgehead atoms. The van der Waals surface area contributed by atoms with Crippen LogP contribution in [-0.2, 0) is 14.8 Å². The van der Waals surface area contributed by atoms with Gasteiger partial charge in [0.2, 0.25) is 10.0 Å². The van der Waals surface area contributed by atoms with Crippen LogP contribution in [0.3, 0.4) is 0 Å². The summed E-state index contributed by atoms with van der Waals surface area (Å²) in [5.41, 5.74) is 0. The molecule has 0 unspecified atom stereocenters. The summed E-state index contributed by atoms with van der Waals surface area (Å²) in [5.74, 6) is 1.27. The van der Waals surface area contributed by atoms with Crippen LogP contribution in [0, 0.1) is 11.8 Å². The van der Waals surface area contributed by atoms with Crippen molar-refractivity contribution in [1.82, 2.24) is 9.62 Å². The van der Waals surface area contributed by atoms with E-state index in [2.05, 4.69) is 5.32 Å². The lowest BCUT2D eigenvalue weighted by Crippen LogP contribution is -2.33. The Labute approximate surface area is 97.2 Å².